The highest BCUT2D eigenvalue weighted by atomic mass is 16.5. The van der Waals surface area contributed by atoms with Gasteiger partial charge in [0.15, 0.2) is 0 Å². The van der Waals surface area contributed by atoms with Gasteiger partial charge in [0.05, 0.1) is 13.2 Å². The molecule has 0 aliphatic carbocycles. The first-order valence-electron chi connectivity index (χ1n) is 11.2. The van der Waals surface area contributed by atoms with Crippen LogP contribution in [0.2, 0.25) is 0 Å². The highest BCUT2D eigenvalue weighted by Crippen LogP contribution is 2.30. The molecule has 0 fully saturated rings. The van der Waals surface area contributed by atoms with Gasteiger partial charge in [0.25, 0.3) is 0 Å². The van der Waals surface area contributed by atoms with Crippen LogP contribution in [0.5, 0.6) is 11.5 Å². The Morgan fingerprint density at radius 2 is 0.774 bits per heavy atom. The van der Waals surface area contributed by atoms with Crippen LogP contribution in [0, 0.1) is 0 Å². The average Bonchev–Trinajstić information content (AvgIpc) is 2.59. The maximum Gasteiger partial charge on any atom is 0.120 e. The summed E-state index contributed by atoms with van der Waals surface area (Å²) in [7, 11) is 0. The molecule has 0 aliphatic rings. The van der Waals surface area contributed by atoms with Crippen LogP contribution in [0.25, 0.3) is 0 Å². The van der Waals surface area contributed by atoms with Crippen molar-refractivity contribution in [2.24, 2.45) is 0 Å². The van der Waals surface area contributed by atoms with Gasteiger partial charge in [-0.15, -0.1) is 0 Å². The van der Waals surface area contributed by atoms with Gasteiger partial charge in [-0.25, -0.2) is 0 Å². The van der Waals surface area contributed by atoms with Gasteiger partial charge in [-0.2, -0.15) is 0 Å². The molecule has 0 amide bonds. The highest BCUT2D eigenvalue weighted by Gasteiger charge is 2.26. The molecule has 2 aromatic carbocycles. The van der Waals surface area contributed by atoms with E-state index in [0.717, 1.165) is 11.5 Å². The summed E-state index contributed by atoms with van der Waals surface area (Å²) in [5.41, 5.74) is 1.94. The Hall–Kier alpha value is -2.00. The topological polar surface area (TPSA) is 27.7 Å². The molecule has 0 bridgehead atoms. The van der Waals surface area contributed by atoms with E-state index in [1.807, 2.05) is 24.3 Å². The van der Waals surface area contributed by atoms with E-state index in [4.69, 9.17) is 14.2 Å². The minimum atomic E-state index is -0.192. The molecule has 0 unspecified atom stereocenters. The quantitative estimate of drug-likeness (QED) is 0.443. The van der Waals surface area contributed by atoms with Crippen LogP contribution in [0.1, 0.15) is 80.4 Å². The zero-order chi connectivity index (χ0) is 23.5. The fourth-order valence-corrected chi connectivity index (χ4v) is 3.38. The molecule has 172 valence electrons. The Morgan fingerprint density at radius 3 is 1.03 bits per heavy atom. The van der Waals surface area contributed by atoms with Crippen molar-refractivity contribution in [1.29, 1.82) is 0 Å². The SMILES string of the molecule is CC(C)(C)Oc1ccc(C(C)(C)COCC(C)(C)c2ccc(OC(C)(C)C)cc2)cc1. The lowest BCUT2D eigenvalue weighted by atomic mass is 9.84. The average molecular weight is 427 g/mol. The van der Waals surface area contributed by atoms with Gasteiger partial charge in [-0.05, 0) is 76.9 Å². The Balaban J connectivity index is 1.95. The largest absolute Gasteiger partial charge is 0.488 e. The maximum absolute atomic E-state index is 6.23. The zero-order valence-corrected chi connectivity index (χ0v) is 21.3. The first-order valence-corrected chi connectivity index (χ1v) is 11.2. The van der Waals surface area contributed by atoms with Gasteiger partial charge in [0, 0.05) is 10.8 Å². The third-order valence-electron chi connectivity index (χ3n) is 5.05. The van der Waals surface area contributed by atoms with Gasteiger partial charge in [0.2, 0.25) is 0 Å². The first-order chi connectivity index (χ1) is 14.1. The number of benzene rings is 2. The van der Waals surface area contributed by atoms with Crippen LogP contribution in [0.4, 0.5) is 0 Å². The monoisotopic (exact) mass is 426 g/mol. The molecule has 0 saturated heterocycles. The van der Waals surface area contributed by atoms with Crippen molar-refractivity contribution in [3.63, 3.8) is 0 Å². The summed E-state index contributed by atoms with van der Waals surface area (Å²) in [5.74, 6) is 1.79. The third-order valence-corrected chi connectivity index (χ3v) is 5.05. The Labute approximate surface area is 190 Å². The zero-order valence-electron chi connectivity index (χ0n) is 21.3. The van der Waals surface area contributed by atoms with E-state index in [9.17, 15) is 0 Å². The summed E-state index contributed by atoms with van der Waals surface area (Å²) in [6, 6.07) is 16.8. The van der Waals surface area contributed by atoms with Gasteiger partial charge in [-0.1, -0.05) is 52.0 Å². The van der Waals surface area contributed by atoms with Gasteiger partial charge in [-0.3, -0.25) is 0 Å². The lowest BCUT2D eigenvalue weighted by Gasteiger charge is -2.30. The predicted octanol–water partition coefficient (Wildman–Crippen LogP) is 7.31. The molecule has 0 spiro atoms. The van der Waals surface area contributed by atoms with Crippen molar-refractivity contribution < 1.29 is 14.2 Å². The maximum atomic E-state index is 6.23. The number of rotatable bonds is 8. The van der Waals surface area contributed by atoms with E-state index in [1.54, 1.807) is 0 Å². The van der Waals surface area contributed by atoms with Crippen molar-refractivity contribution in [3.8, 4) is 11.5 Å². The van der Waals surface area contributed by atoms with E-state index in [2.05, 4.69) is 93.5 Å². The van der Waals surface area contributed by atoms with Crippen molar-refractivity contribution in [2.45, 2.75) is 91.3 Å². The van der Waals surface area contributed by atoms with Crippen molar-refractivity contribution in [3.05, 3.63) is 59.7 Å². The van der Waals surface area contributed by atoms with Gasteiger partial charge < -0.3 is 14.2 Å². The van der Waals surface area contributed by atoms with Crippen molar-refractivity contribution >= 4 is 0 Å². The Kier molecular flexibility index (Phi) is 7.53. The van der Waals surface area contributed by atoms with Crippen molar-refractivity contribution in [2.75, 3.05) is 13.2 Å². The second kappa shape index (κ2) is 9.24. The van der Waals surface area contributed by atoms with Crippen LogP contribution in [0.15, 0.2) is 48.5 Å². The van der Waals surface area contributed by atoms with Crippen LogP contribution < -0.4 is 9.47 Å². The molecule has 2 aromatic rings. The molecular weight excluding hydrogens is 384 g/mol. The molecule has 0 saturated carbocycles. The molecule has 2 rings (SSSR count). The molecule has 0 aromatic heterocycles. The summed E-state index contributed by atoms with van der Waals surface area (Å²) in [6.45, 7) is 22.6. The van der Waals surface area contributed by atoms with Gasteiger partial charge in [0.1, 0.15) is 22.7 Å². The number of ether oxygens (including phenoxy) is 3. The molecular formula is C28H42O3. The number of hydrogen-bond donors (Lipinski definition) is 0. The predicted molar refractivity (Wildman–Crippen MR) is 131 cm³/mol. The molecule has 0 atom stereocenters. The summed E-state index contributed by atoms with van der Waals surface area (Å²) >= 11 is 0. The fourth-order valence-electron chi connectivity index (χ4n) is 3.38. The molecule has 0 aliphatic heterocycles. The Morgan fingerprint density at radius 1 is 0.484 bits per heavy atom. The fraction of sp³-hybridized carbons (Fsp3) is 0.571. The van der Waals surface area contributed by atoms with E-state index in [0.29, 0.717) is 13.2 Å². The molecule has 3 nitrogen and oxygen atoms in total. The van der Waals surface area contributed by atoms with E-state index in [-0.39, 0.29) is 22.0 Å². The van der Waals surface area contributed by atoms with Crippen LogP contribution in [-0.4, -0.2) is 24.4 Å². The summed E-state index contributed by atoms with van der Waals surface area (Å²) < 4.78 is 18.1. The Bertz CT molecular complexity index is 745. The van der Waals surface area contributed by atoms with E-state index >= 15 is 0 Å². The minimum absolute atomic E-state index is 0.0826. The lowest BCUT2D eigenvalue weighted by molar-refractivity contribution is 0.0632. The molecule has 0 heterocycles. The first kappa shape index (κ1) is 25.3. The highest BCUT2D eigenvalue weighted by molar-refractivity contribution is 5.33. The lowest BCUT2D eigenvalue weighted by Crippen LogP contribution is -2.30. The molecule has 31 heavy (non-hydrogen) atoms. The van der Waals surface area contributed by atoms with Crippen LogP contribution >= 0.6 is 0 Å². The summed E-state index contributed by atoms with van der Waals surface area (Å²) in [4.78, 5) is 0. The second-order valence-corrected chi connectivity index (χ2v) is 11.7. The summed E-state index contributed by atoms with van der Waals surface area (Å²) in [5, 5.41) is 0. The third kappa shape index (κ3) is 8.22. The molecule has 0 N–H and O–H groups in total. The van der Waals surface area contributed by atoms with E-state index in [1.165, 1.54) is 11.1 Å². The second-order valence-electron chi connectivity index (χ2n) is 11.7. The minimum Gasteiger partial charge on any atom is -0.488 e. The molecule has 0 radical (unpaired) electrons. The standard InChI is InChI=1S/C28H42O3/c1-25(2,3)30-23-15-11-21(12-16-23)27(7,8)19-29-20-28(9,10)22-13-17-24(18-14-22)31-26(4,5)6/h11-18H,19-20H2,1-10H3. The van der Waals surface area contributed by atoms with Gasteiger partial charge >= 0.3 is 0 Å². The van der Waals surface area contributed by atoms with Crippen LogP contribution in [0.3, 0.4) is 0 Å². The summed E-state index contributed by atoms with van der Waals surface area (Å²) in [6.07, 6.45) is 0. The number of hydrogen-bond acceptors (Lipinski definition) is 3. The normalized spacial score (nSPS) is 13.2. The smallest absolute Gasteiger partial charge is 0.120 e. The molecule has 3 heteroatoms. The van der Waals surface area contributed by atoms with E-state index < -0.39 is 0 Å². The van der Waals surface area contributed by atoms with Crippen molar-refractivity contribution in [1.82, 2.24) is 0 Å². The van der Waals surface area contributed by atoms with Crippen LogP contribution in [-0.2, 0) is 15.6 Å².